The molecule has 122 valence electrons. The van der Waals surface area contributed by atoms with Crippen molar-refractivity contribution < 1.29 is 4.79 Å². The smallest absolute Gasteiger partial charge is 0.263 e. The predicted octanol–water partition coefficient (Wildman–Crippen LogP) is 4.09. The lowest BCUT2D eigenvalue weighted by Crippen LogP contribution is -2.17. The maximum atomic E-state index is 11.8. The summed E-state index contributed by atoms with van der Waals surface area (Å²) >= 11 is 6.30. The van der Waals surface area contributed by atoms with Crippen molar-refractivity contribution in [2.45, 2.75) is 6.92 Å². The van der Waals surface area contributed by atoms with Crippen LogP contribution in [0.4, 0.5) is 0 Å². The minimum atomic E-state index is -0.151. The van der Waals surface area contributed by atoms with E-state index in [2.05, 4.69) is 10.3 Å². The van der Waals surface area contributed by atoms with E-state index in [9.17, 15) is 4.79 Å². The molecule has 0 atom stereocenters. The van der Waals surface area contributed by atoms with Crippen LogP contribution in [0.15, 0.2) is 53.4 Å². The largest absolute Gasteiger partial charge is 0.307 e. The number of fused-ring (bicyclic) bond motifs is 1. The van der Waals surface area contributed by atoms with Gasteiger partial charge in [0, 0.05) is 5.56 Å². The zero-order chi connectivity index (χ0) is 17.4. The molecule has 0 saturated carbocycles. The second kappa shape index (κ2) is 6.38. The fourth-order valence-corrected chi connectivity index (χ4v) is 3.75. The minimum Gasteiger partial charge on any atom is -0.307 e. The summed E-state index contributed by atoms with van der Waals surface area (Å²) in [6.45, 7) is 1.96. The van der Waals surface area contributed by atoms with Gasteiger partial charge in [-0.1, -0.05) is 54.3 Å². The third-order valence-electron chi connectivity index (χ3n) is 3.84. The fourth-order valence-electron chi connectivity index (χ4n) is 2.71. The maximum Gasteiger partial charge on any atom is 0.263 e. The molecule has 1 fully saturated rings. The highest BCUT2D eigenvalue weighted by atomic mass is 32.2. The van der Waals surface area contributed by atoms with Gasteiger partial charge in [0.25, 0.3) is 5.91 Å². The molecular formula is C19H13N3OS2. The molecule has 25 heavy (non-hydrogen) atoms. The number of hydrogen-bond acceptors (Lipinski definition) is 5. The average Bonchev–Trinajstić information content (AvgIpc) is 2.91. The average molecular weight is 363 g/mol. The molecule has 0 spiro atoms. The molecule has 0 radical (unpaired) electrons. The molecule has 0 unspecified atom stereocenters. The van der Waals surface area contributed by atoms with Crippen molar-refractivity contribution in [3.05, 3.63) is 64.7 Å². The van der Waals surface area contributed by atoms with Gasteiger partial charge in [-0.15, -0.1) is 0 Å². The van der Waals surface area contributed by atoms with Crippen molar-refractivity contribution in [3.63, 3.8) is 0 Å². The van der Waals surface area contributed by atoms with Crippen LogP contribution in [0.25, 0.3) is 28.4 Å². The lowest BCUT2D eigenvalue weighted by molar-refractivity contribution is -0.115. The summed E-state index contributed by atoms with van der Waals surface area (Å²) in [5.41, 5.74) is 5.36. The molecule has 3 aromatic rings. The highest BCUT2D eigenvalue weighted by Crippen LogP contribution is 2.28. The van der Waals surface area contributed by atoms with Gasteiger partial charge < -0.3 is 5.32 Å². The standard InChI is InChI=1S/C19H13N3OS2/c1-11-17(21-15-8-3-2-7-14(15)20-11)13-6-4-5-12(9-13)10-16-18(23)22-19(24)25-16/h2-10H,1H3,(H,22,23,24). The van der Waals surface area contributed by atoms with Crippen LogP contribution in [0, 0.1) is 6.92 Å². The van der Waals surface area contributed by atoms with E-state index in [1.54, 1.807) is 0 Å². The van der Waals surface area contributed by atoms with E-state index < -0.39 is 0 Å². The van der Waals surface area contributed by atoms with Crippen LogP contribution in [0.1, 0.15) is 11.3 Å². The molecular weight excluding hydrogens is 350 g/mol. The van der Waals surface area contributed by atoms with Crippen molar-refractivity contribution in [1.82, 2.24) is 15.3 Å². The number of para-hydroxylation sites is 2. The number of carbonyl (C=O) groups is 1. The Morgan fingerprint density at radius 1 is 1.08 bits per heavy atom. The molecule has 1 aliphatic heterocycles. The SMILES string of the molecule is Cc1nc2ccccc2nc1-c1cccc(C=C2SC(=S)NC2=O)c1. The number of hydrogen-bond donors (Lipinski definition) is 1. The molecule has 1 aliphatic rings. The van der Waals surface area contributed by atoms with Gasteiger partial charge in [0.1, 0.15) is 4.32 Å². The second-order valence-electron chi connectivity index (χ2n) is 5.62. The number of aryl methyl sites for hydroxylation is 1. The van der Waals surface area contributed by atoms with E-state index in [1.165, 1.54) is 11.8 Å². The summed E-state index contributed by atoms with van der Waals surface area (Å²) in [7, 11) is 0. The van der Waals surface area contributed by atoms with Crippen molar-refractivity contribution >= 4 is 51.3 Å². The first-order valence-corrected chi connectivity index (χ1v) is 8.91. The van der Waals surface area contributed by atoms with E-state index in [1.807, 2.05) is 61.5 Å². The number of carbonyl (C=O) groups excluding carboxylic acids is 1. The Morgan fingerprint density at radius 3 is 2.56 bits per heavy atom. The van der Waals surface area contributed by atoms with E-state index in [0.717, 1.165) is 33.5 Å². The quantitative estimate of drug-likeness (QED) is 0.549. The first-order valence-electron chi connectivity index (χ1n) is 7.69. The Kier molecular flexibility index (Phi) is 4.07. The molecule has 0 bridgehead atoms. The van der Waals surface area contributed by atoms with Crippen LogP contribution in [0.3, 0.4) is 0 Å². The van der Waals surface area contributed by atoms with Crippen molar-refractivity contribution in [1.29, 1.82) is 0 Å². The van der Waals surface area contributed by atoms with Crippen molar-refractivity contribution in [3.8, 4) is 11.3 Å². The Bertz CT molecular complexity index is 1060. The molecule has 6 heteroatoms. The van der Waals surface area contributed by atoms with Crippen LogP contribution >= 0.6 is 24.0 Å². The van der Waals surface area contributed by atoms with E-state index in [4.69, 9.17) is 17.2 Å². The number of rotatable bonds is 2. The van der Waals surface area contributed by atoms with Gasteiger partial charge in [-0.25, -0.2) is 9.97 Å². The normalized spacial score (nSPS) is 15.8. The van der Waals surface area contributed by atoms with Gasteiger partial charge in [-0.3, -0.25) is 4.79 Å². The summed E-state index contributed by atoms with van der Waals surface area (Å²) in [6, 6.07) is 15.7. The number of nitrogens with zero attached hydrogens (tertiary/aromatic N) is 2. The first kappa shape index (κ1) is 15.9. The number of thiocarbonyl (C=S) groups is 1. The summed E-state index contributed by atoms with van der Waals surface area (Å²) in [5.74, 6) is -0.151. The number of nitrogens with one attached hydrogen (secondary N) is 1. The molecule has 4 rings (SSSR count). The molecule has 1 amide bonds. The Morgan fingerprint density at radius 2 is 1.84 bits per heavy atom. The van der Waals surface area contributed by atoms with Gasteiger partial charge in [-0.2, -0.15) is 0 Å². The van der Waals surface area contributed by atoms with Crippen LogP contribution in [-0.2, 0) is 4.79 Å². The van der Waals surface area contributed by atoms with E-state index in [0.29, 0.717) is 9.23 Å². The number of amides is 1. The number of aromatic nitrogens is 2. The zero-order valence-corrected chi connectivity index (χ0v) is 14.9. The minimum absolute atomic E-state index is 0.151. The molecule has 1 saturated heterocycles. The molecule has 1 aromatic heterocycles. The Balaban J connectivity index is 1.77. The lowest BCUT2D eigenvalue weighted by atomic mass is 10.1. The fraction of sp³-hybridized carbons (Fsp3) is 0.0526. The van der Waals surface area contributed by atoms with Crippen molar-refractivity contribution in [2.24, 2.45) is 0 Å². The monoisotopic (exact) mass is 363 g/mol. The van der Waals surface area contributed by atoms with E-state index >= 15 is 0 Å². The summed E-state index contributed by atoms with van der Waals surface area (Å²) in [6.07, 6.45) is 1.84. The highest BCUT2D eigenvalue weighted by molar-refractivity contribution is 8.26. The van der Waals surface area contributed by atoms with Crippen LogP contribution in [-0.4, -0.2) is 20.2 Å². The third kappa shape index (κ3) is 3.18. The number of benzene rings is 2. The number of thioether (sulfide) groups is 1. The Hall–Kier alpha value is -2.57. The maximum absolute atomic E-state index is 11.8. The molecule has 4 nitrogen and oxygen atoms in total. The highest BCUT2D eigenvalue weighted by Gasteiger charge is 2.22. The van der Waals surface area contributed by atoms with Crippen molar-refractivity contribution in [2.75, 3.05) is 0 Å². The summed E-state index contributed by atoms with van der Waals surface area (Å²) < 4.78 is 0.489. The third-order valence-corrected chi connectivity index (χ3v) is 5.01. The zero-order valence-electron chi connectivity index (χ0n) is 13.3. The first-order chi connectivity index (χ1) is 12.1. The van der Waals surface area contributed by atoms with E-state index in [-0.39, 0.29) is 5.91 Å². The van der Waals surface area contributed by atoms with Gasteiger partial charge in [0.2, 0.25) is 0 Å². The molecule has 2 heterocycles. The second-order valence-corrected chi connectivity index (χ2v) is 7.34. The molecule has 2 aromatic carbocycles. The van der Waals surface area contributed by atoms with Gasteiger partial charge in [0.05, 0.1) is 27.3 Å². The van der Waals surface area contributed by atoms with Gasteiger partial charge >= 0.3 is 0 Å². The molecule has 0 aliphatic carbocycles. The summed E-state index contributed by atoms with van der Waals surface area (Å²) in [4.78, 5) is 21.8. The van der Waals surface area contributed by atoms with Crippen LogP contribution in [0.5, 0.6) is 0 Å². The predicted molar refractivity (Wildman–Crippen MR) is 106 cm³/mol. The van der Waals surface area contributed by atoms with Gasteiger partial charge in [-0.05, 0) is 36.8 Å². The molecule has 1 N–H and O–H groups in total. The van der Waals surface area contributed by atoms with Gasteiger partial charge in [0.15, 0.2) is 0 Å². The van der Waals surface area contributed by atoms with Crippen LogP contribution in [0.2, 0.25) is 0 Å². The topological polar surface area (TPSA) is 54.9 Å². The lowest BCUT2D eigenvalue weighted by Gasteiger charge is -2.07. The Labute approximate surface area is 154 Å². The van der Waals surface area contributed by atoms with Crippen LogP contribution < -0.4 is 5.32 Å². The summed E-state index contributed by atoms with van der Waals surface area (Å²) in [5, 5.41) is 2.63.